The molecule has 0 fully saturated rings. The third-order valence-electron chi connectivity index (χ3n) is 3.21. The molecule has 10 nitrogen and oxygen atoms in total. The minimum absolute atomic E-state index is 0.0913. The Morgan fingerprint density at radius 1 is 0.500 bits per heavy atom. The smallest absolute Gasteiger partial charge is 0.183 e. The van der Waals surface area contributed by atoms with Crippen molar-refractivity contribution in [2.24, 2.45) is 11.5 Å². The molecule has 1 heterocycles. The highest BCUT2D eigenvalue weighted by Gasteiger charge is 2.03. The van der Waals surface area contributed by atoms with Crippen LogP contribution < -0.4 is 11.5 Å². The Kier molecular flexibility index (Phi) is 14.0. The second-order valence-corrected chi connectivity index (χ2v) is 5.81. The Bertz CT molecular complexity index is 478. The number of hydrogen-bond donors (Lipinski definition) is 2. The van der Waals surface area contributed by atoms with E-state index in [0.29, 0.717) is 51.0 Å². The van der Waals surface area contributed by atoms with E-state index < -0.39 is 0 Å². The summed E-state index contributed by atoms with van der Waals surface area (Å²) < 4.78 is 31.6. The van der Waals surface area contributed by atoms with Crippen molar-refractivity contribution < 1.29 is 38.0 Å². The lowest BCUT2D eigenvalue weighted by Gasteiger charge is -2.08. The Hall–Kier alpha value is -1.82. The molecule has 0 saturated heterocycles. The standard InChI is InChI=1S/C18H30N2O8/c19-15-9-17(21)13-27-7-3-24-4-8-28-14-18(22)10-16(20)12-26-6-2-23-1-5-25-11-15/h9-10H,1-8,11-14,19-20H2/b15-9-,16-10-. The lowest BCUT2D eigenvalue weighted by atomic mass is 10.3. The van der Waals surface area contributed by atoms with Crippen molar-refractivity contribution in [1.82, 2.24) is 0 Å². The van der Waals surface area contributed by atoms with Crippen molar-refractivity contribution in [1.29, 1.82) is 0 Å². The predicted molar refractivity (Wildman–Crippen MR) is 99.5 cm³/mol. The van der Waals surface area contributed by atoms with E-state index in [4.69, 9.17) is 39.9 Å². The number of carbonyl (C=O) groups is 2. The van der Waals surface area contributed by atoms with E-state index in [1.54, 1.807) is 0 Å². The van der Waals surface area contributed by atoms with Gasteiger partial charge in [-0.15, -0.1) is 0 Å². The van der Waals surface area contributed by atoms with Crippen LogP contribution in [0.3, 0.4) is 0 Å². The molecule has 0 aromatic rings. The molecular formula is C18H30N2O8. The number of ether oxygens (including phenoxy) is 6. The third kappa shape index (κ3) is 14.3. The highest BCUT2D eigenvalue weighted by molar-refractivity contribution is 5.91. The van der Waals surface area contributed by atoms with Crippen molar-refractivity contribution in [2.75, 3.05) is 79.3 Å². The summed E-state index contributed by atoms with van der Waals surface area (Å²) >= 11 is 0. The van der Waals surface area contributed by atoms with Crippen LogP contribution in [0.2, 0.25) is 0 Å². The molecule has 1 rings (SSSR count). The van der Waals surface area contributed by atoms with E-state index in [0.717, 1.165) is 0 Å². The number of nitrogens with two attached hydrogens (primary N) is 2. The zero-order valence-electron chi connectivity index (χ0n) is 16.1. The van der Waals surface area contributed by atoms with Crippen molar-refractivity contribution in [2.45, 2.75) is 0 Å². The maximum atomic E-state index is 11.7. The van der Waals surface area contributed by atoms with Crippen LogP contribution in [0.5, 0.6) is 0 Å². The lowest BCUT2D eigenvalue weighted by Crippen LogP contribution is -2.18. The Morgan fingerprint density at radius 2 is 0.786 bits per heavy atom. The lowest BCUT2D eigenvalue weighted by molar-refractivity contribution is -0.119. The molecule has 28 heavy (non-hydrogen) atoms. The van der Waals surface area contributed by atoms with Gasteiger partial charge < -0.3 is 39.9 Å². The largest absolute Gasteiger partial charge is 0.400 e. The minimum Gasteiger partial charge on any atom is -0.400 e. The van der Waals surface area contributed by atoms with Gasteiger partial charge in [0.25, 0.3) is 0 Å². The average Bonchev–Trinajstić information content (AvgIpc) is 2.64. The molecule has 4 N–H and O–H groups in total. The second-order valence-electron chi connectivity index (χ2n) is 5.81. The molecule has 0 radical (unpaired) electrons. The normalized spacial score (nSPS) is 25.7. The first-order valence-electron chi connectivity index (χ1n) is 9.02. The van der Waals surface area contributed by atoms with Gasteiger partial charge in [0.1, 0.15) is 13.2 Å². The van der Waals surface area contributed by atoms with Gasteiger partial charge in [-0.2, -0.15) is 0 Å². The summed E-state index contributed by atoms with van der Waals surface area (Å²) in [5.74, 6) is -0.503. The summed E-state index contributed by atoms with van der Waals surface area (Å²) in [5, 5.41) is 0. The van der Waals surface area contributed by atoms with Gasteiger partial charge in [0.05, 0.1) is 66.1 Å². The Balaban J connectivity index is 2.37. The molecule has 1 aliphatic rings. The summed E-state index contributed by atoms with van der Waals surface area (Å²) in [6, 6.07) is 0. The van der Waals surface area contributed by atoms with Crippen molar-refractivity contribution in [3.05, 3.63) is 23.5 Å². The Labute approximate surface area is 164 Å². The third-order valence-corrected chi connectivity index (χ3v) is 3.21. The molecular weight excluding hydrogens is 372 g/mol. The van der Waals surface area contributed by atoms with Crippen LogP contribution in [-0.2, 0) is 38.0 Å². The van der Waals surface area contributed by atoms with E-state index in [1.165, 1.54) is 12.2 Å². The van der Waals surface area contributed by atoms with Gasteiger partial charge in [-0.3, -0.25) is 9.59 Å². The SMILES string of the molecule is N/C1=C\C(=O)COCCOCCOCC(=O)/C=C(\N)COCCOCCOC1. The van der Waals surface area contributed by atoms with Crippen LogP contribution in [0.1, 0.15) is 0 Å². The quantitative estimate of drug-likeness (QED) is 0.514. The van der Waals surface area contributed by atoms with Gasteiger partial charge in [0, 0.05) is 23.5 Å². The number of rotatable bonds is 0. The van der Waals surface area contributed by atoms with Crippen LogP contribution >= 0.6 is 0 Å². The van der Waals surface area contributed by atoms with Gasteiger partial charge in [-0.25, -0.2) is 0 Å². The zero-order valence-corrected chi connectivity index (χ0v) is 16.1. The molecule has 0 bridgehead atoms. The van der Waals surface area contributed by atoms with Crippen LogP contribution in [0.15, 0.2) is 23.5 Å². The zero-order chi connectivity index (χ0) is 20.5. The number of hydrogen-bond acceptors (Lipinski definition) is 10. The fourth-order valence-electron chi connectivity index (χ4n) is 1.98. The summed E-state index contributed by atoms with van der Waals surface area (Å²) in [7, 11) is 0. The fraction of sp³-hybridized carbons (Fsp3) is 0.667. The summed E-state index contributed by atoms with van der Waals surface area (Å²) in [6.45, 7) is 2.56. The molecule has 0 spiro atoms. The first-order valence-corrected chi connectivity index (χ1v) is 9.02. The van der Waals surface area contributed by atoms with Crippen molar-refractivity contribution >= 4 is 11.6 Å². The van der Waals surface area contributed by atoms with Gasteiger partial charge in [0.15, 0.2) is 11.6 Å². The van der Waals surface area contributed by atoms with Gasteiger partial charge in [-0.1, -0.05) is 0 Å². The summed E-state index contributed by atoms with van der Waals surface area (Å²) in [4.78, 5) is 23.3. The van der Waals surface area contributed by atoms with Crippen molar-refractivity contribution in [3.8, 4) is 0 Å². The monoisotopic (exact) mass is 402 g/mol. The van der Waals surface area contributed by atoms with E-state index in [-0.39, 0.29) is 51.2 Å². The molecule has 0 amide bonds. The molecule has 1 aliphatic heterocycles. The van der Waals surface area contributed by atoms with Crippen LogP contribution in [0, 0.1) is 0 Å². The minimum atomic E-state index is -0.252. The van der Waals surface area contributed by atoms with Gasteiger partial charge >= 0.3 is 0 Å². The Morgan fingerprint density at radius 3 is 1.14 bits per heavy atom. The molecule has 0 aromatic carbocycles. The van der Waals surface area contributed by atoms with Gasteiger partial charge in [-0.05, 0) is 0 Å². The summed E-state index contributed by atoms with van der Waals surface area (Å²) in [6.07, 6.45) is 2.58. The average molecular weight is 402 g/mol. The highest BCUT2D eigenvalue weighted by atomic mass is 16.5. The molecule has 160 valence electrons. The number of carbonyl (C=O) groups excluding carboxylic acids is 2. The molecule has 0 saturated carbocycles. The first kappa shape index (κ1) is 24.2. The molecule has 0 atom stereocenters. The molecule has 0 aliphatic carbocycles. The molecule has 0 unspecified atom stereocenters. The van der Waals surface area contributed by atoms with Crippen LogP contribution in [-0.4, -0.2) is 90.8 Å². The number of ketones is 2. The van der Waals surface area contributed by atoms with Crippen LogP contribution in [0.4, 0.5) is 0 Å². The first-order chi connectivity index (χ1) is 13.6. The topological polar surface area (TPSA) is 142 Å². The second kappa shape index (κ2) is 16.2. The molecule has 10 heteroatoms. The highest BCUT2D eigenvalue weighted by Crippen LogP contribution is 1.92. The summed E-state index contributed by atoms with van der Waals surface area (Å²) in [5.41, 5.74) is 12.1. The fourth-order valence-corrected chi connectivity index (χ4v) is 1.98. The predicted octanol–water partition coefficient (Wildman–Crippen LogP) is -1.08. The van der Waals surface area contributed by atoms with Crippen molar-refractivity contribution in [3.63, 3.8) is 0 Å². The van der Waals surface area contributed by atoms with E-state index in [9.17, 15) is 9.59 Å². The maximum Gasteiger partial charge on any atom is 0.183 e. The van der Waals surface area contributed by atoms with E-state index in [2.05, 4.69) is 0 Å². The van der Waals surface area contributed by atoms with E-state index >= 15 is 0 Å². The van der Waals surface area contributed by atoms with Gasteiger partial charge in [0.2, 0.25) is 0 Å². The van der Waals surface area contributed by atoms with E-state index in [1.807, 2.05) is 0 Å². The molecule has 0 aromatic heterocycles. The van der Waals surface area contributed by atoms with Crippen LogP contribution in [0.25, 0.3) is 0 Å². The maximum absolute atomic E-state index is 11.7.